The highest BCUT2D eigenvalue weighted by molar-refractivity contribution is 7.15. The first kappa shape index (κ1) is 19.2. The lowest BCUT2D eigenvalue weighted by Crippen LogP contribution is -2.31. The van der Waals surface area contributed by atoms with Crippen LogP contribution in [-0.4, -0.2) is 33.1 Å². The first-order valence-electron chi connectivity index (χ1n) is 7.63. The summed E-state index contributed by atoms with van der Waals surface area (Å²) in [6, 6.07) is 5.67. The van der Waals surface area contributed by atoms with Crippen LogP contribution in [-0.2, 0) is 14.3 Å². The van der Waals surface area contributed by atoms with E-state index in [0.717, 1.165) is 6.08 Å². The summed E-state index contributed by atoms with van der Waals surface area (Å²) >= 11 is 1.22. The van der Waals surface area contributed by atoms with E-state index in [1.54, 1.807) is 13.8 Å². The van der Waals surface area contributed by atoms with Crippen LogP contribution in [0.2, 0.25) is 0 Å². The van der Waals surface area contributed by atoms with Crippen LogP contribution in [0.15, 0.2) is 30.3 Å². The maximum absolute atomic E-state index is 12.1. The van der Waals surface area contributed by atoms with Crippen molar-refractivity contribution in [3.63, 3.8) is 0 Å². The summed E-state index contributed by atoms with van der Waals surface area (Å²) in [7, 11) is 0. The van der Waals surface area contributed by atoms with E-state index in [2.05, 4.69) is 15.5 Å². The molecular formula is C16H16N4O5S. The van der Waals surface area contributed by atoms with Crippen LogP contribution in [0, 0.1) is 17.0 Å². The third-order valence-electron chi connectivity index (χ3n) is 3.19. The fourth-order valence-corrected chi connectivity index (χ4v) is 2.50. The van der Waals surface area contributed by atoms with Crippen molar-refractivity contribution in [1.29, 1.82) is 0 Å². The van der Waals surface area contributed by atoms with E-state index in [1.807, 2.05) is 0 Å². The number of hydrogen-bond acceptors (Lipinski definition) is 8. The van der Waals surface area contributed by atoms with Crippen LogP contribution in [0.1, 0.15) is 23.9 Å². The minimum absolute atomic E-state index is 0.0423. The minimum atomic E-state index is -0.965. The van der Waals surface area contributed by atoms with Gasteiger partial charge in [0, 0.05) is 18.2 Å². The monoisotopic (exact) mass is 376 g/mol. The molecule has 0 spiro atoms. The van der Waals surface area contributed by atoms with Crippen molar-refractivity contribution < 1.29 is 19.2 Å². The summed E-state index contributed by atoms with van der Waals surface area (Å²) < 4.78 is 5.13. The Morgan fingerprint density at radius 2 is 2.04 bits per heavy atom. The lowest BCUT2D eigenvalue weighted by molar-refractivity contribution is -0.384. The average Bonchev–Trinajstić information content (AvgIpc) is 3.02. The van der Waals surface area contributed by atoms with E-state index < -0.39 is 22.9 Å². The Kier molecular flexibility index (Phi) is 6.50. The number of aromatic nitrogens is 2. The molecule has 0 fully saturated rings. The van der Waals surface area contributed by atoms with E-state index in [1.165, 1.54) is 41.7 Å². The molecule has 1 amide bonds. The second-order valence-corrected chi connectivity index (χ2v) is 6.31. The largest absolute Gasteiger partial charge is 0.449 e. The summed E-state index contributed by atoms with van der Waals surface area (Å²) in [5, 5.41) is 21.8. The molecule has 0 saturated heterocycles. The molecule has 0 bridgehead atoms. The quantitative estimate of drug-likeness (QED) is 0.341. The third kappa shape index (κ3) is 5.45. The molecule has 0 saturated carbocycles. The van der Waals surface area contributed by atoms with Crippen molar-refractivity contribution in [2.24, 2.45) is 0 Å². The molecular weight excluding hydrogens is 360 g/mol. The molecule has 1 aromatic carbocycles. The van der Waals surface area contributed by atoms with Gasteiger partial charge in [0.2, 0.25) is 5.13 Å². The zero-order chi connectivity index (χ0) is 19.1. The topological polar surface area (TPSA) is 124 Å². The summed E-state index contributed by atoms with van der Waals surface area (Å²) in [5.74, 6) is -1.18. The van der Waals surface area contributed by atoms with Crippen molar-refractivity contribution in [3.05, 3.63) is 51.0 Å². The van der Waals surface area contributed by atoms with E-state index in [4.69, 9.17) is 4.74 Å². The number of anilines is 1. The number of nitro groups is 1. The van der Waals surface area contributed by atoms with Crippen molar-refractivity contribution in [2.75, 3.05) is 5.32 Å². The lowest BCUT2D eigenvalue weighted by Gasteiger charge is -2.13. The van der Waals surface area contributed by atoms with Gasteiger partial charge in [-0.1, -0.05) is 18.3 Å². The molecule has 1 N–H and O–H groups in total. The molecule has 0 aliphatic heterocycles. The molecule has 0 aliphatic carbocycles. The van der Waals surface area contributed by atoms with Gasteiger partial charge in [-0.05, 0) is 37.1 Å². The van der Waals surface area contributed by atoms with E-state index in [0.29, 0.717) is 22.1 Å². The first-order chi connectivity index (χ1) is 12.4. The number of nitrogens with one attached hydrogen (secondary N) is 1. The molecule has 2 rings (SSSR count). The van der Waals surface area contributed by atoms with Gasteiger partial charge >= 0.3 is 5.97 Å². The van der Waals surface area contributed by atoms with Crippen LogP contribution in [0.3, 0.4) is 0 Å². The highest BCUT2D eigenvalue weighted by Gasteiger charge is 2.21. The highest BCUT2D eigenvalue weighted by Crippen LogP contribution is 2.15. The Labute approximate surface area is 152 Å². The number of nitrogens with zero attached hydrogens (tertiary/aromatic N) is 3. The number of esters is 1. The Morgan fingerprint density at radius 1 is 1.35 bits per heavy atom. The molecule has 9 nitrogen and oxygen atoms in total. The number of hydrogen-bond donors (Lipinski definition) is 1. The fourth-order valence-electron chi connectivity index (χ4n) is 1.91. The molecule has 1 unspecified atom stereocenters. The number of amides is 1. The molecule has 0 radical (unpaired) electrons. The lowest BCUT2D eigenvalue weighted by atomic mass is 10.2. The van der Waals surface area contributed by atoms with Gasteiger partial charge in [-0.25, -0.2) is 4.79 Å². The number of carbonyl (C=O) groups is 2. The van der Waals surface area contributed by atoms with Gasteiger partial charge < -0.3 is 4.74 Å². The third-order valence-corrected chi connectivity index (χ3v) is 3.95. The van der Waals surface area contributed by atoms with Crippen LogP contribution < -0.4 is 5.32 Å². The summed E-state index contributed by atoms with van der Waals surface area (Å²) in [5.41, 5.74) is 0.550. The van der Waals surface area contributed by atoms with E-state index >= 15 is 0 Å². The first-order valence-corrected chi connectivity index (χ1v) is 8.44. The van der Waals surface area contributed by atoms with Crippen LogP contribution >= 0.6 is 11.3 Å². The van der Waals surface area contributed by atoms with Crippen molar-refractivity contribution in [2.45, 2.75) is 26.4 Å². The fraction of sp³-hybridized carbons (Fsp3) is 0.250. The van der Waals surface area contributed by atoms with Crippen molar-refractivity contribution in [1.82, 2.24) is 10.2 Å². The number of benzene rings is 1. The zero-order valence-corrected chi connectivity index (χ0v) is 14.9. The van der Waals surface area contributed by atoms with Crippen molar-refractivity contribution in [3.8, 4) is 0 Å². The summed E-state index contributed by atoms with van der Waals surface area (Å²) in [6.07, 6.45) is 1.94. The van der Waals surface area contributed by atoms with Crippen LogP contribution in [0.5, 0.6) is 0 Å². The Morgan fingerprint density at radius 3 is 2.58 bits per heavy atom. The molecule has 10 heteroatoms. The molecule has 26 heavy (non-hydrogen) atoms. The summed E-state index contributed by atoms with van der Waals surface area (Å²) in [4.78, 5) is 34.1. The Hall–Kier alpha value is -3.14. The van der Waals surface area contributed by atoms with Gasteiger partial charge in [-0.2, -0.15) is 0 Å². The second kappa shape index (κ2) is 8.81. The van der Waals surface area contributed by atoms with Crippen LogP contribution in [0.4, 0.5) is 10.8 Å². The van der Waals surface area contributed by atoms with Crippen LogP contribution in [0.25, 0.3) is 6.08 Å². The molecule has 1 heterocycles. The number of non-ortho nitro benzene ring substituents is 1. The van der Waals surface area contributed by atoms with Gasteiger partial charge in [0.15, 0.2) is 6.10 Å². The predicted molar refractivity (Wildman–Crippen MR) is 95.6 cm³/mol. The van der Waals surface area contributed by atoms with Gasteiger partial charge in [0.25, 0.3) is 11.6 Å². The highest BCUT2D eigenvalue weighted by atomic mass is 32.1. The molecule has 136 valence electrons. The number of ether oxygens (including phenoxy) is 1. The van der Waals surface area contributed by atoms with E-state index in [-0.39, 0.29) is 5.69 Å². The maximum atomic E-state index is 12.1. The zero-order valence-electron chi connectivity index (χ0n) is 14.0. The van der Waals surface area contributed by atoms with E-state index in [9.17, 15) is 19.7 Å². The van der Waals surface area contributed by atoms with Crippen molar-refractivity contribution >= 4 is 40.1 Å². The molecule has 0 aliphatic rings. The number of aryl methyl sites for hydroxylation is 1. The standard InChI is InChI=1S/C16H16N4O5S/c1-3-13(15(22)17-16-19-18-10(2)26-16)25-14(21)9-6-11-4-7-12(8-5-11)20(23)24/h4-9,13H,3H2,1-2H3,(H,17,19,22)/b9-6+. The number of nitro benzene ring substituents is 1. The SMILES string of the molecule is CCC(OC(=O)/C=C/c1ccc([N+](=O)[O-])cc1)C(=O)Nc1nnc(C)s1. The molecule has 1 aromatic heterocycles. The second-order valence-electron chi connectivity index (χ2n) is 5.13. The predicted octanol–water partition coefficient (Wildman–Crippen LogP) is 2.73. The van der Waals surface area contributed by atoms with Gasteiger partial charge in [0.1, 0.15) is 5.01 Å². The Bertz CT molecular complexity index is 831. The maximum Gasteiger partial charge on any atom is 0.331 e. The van der Waals surface area contributed by atoms with Gasteiger partial charge in [-0.3, -0.25) is 20.2 Å². The Balaban J connectivity index is 1.93. The smallest absolute Gasteiger partial charge is 0.331 e. The number of rotatable bonds is 7. The normalized spacial score (nSPS) is 11.9. The van der Waals surface area contributed by atoms with Gasteiger partial charge in [-0.15, -0.1) is 10.2 Å². The number of carbonyl (C=O) groups excluding carboxylic acids is 2. The average molecular weight is 376 g/mol. The molecule has 1 atom stereocenters. The summed E-state index contributed by atoms with van der Waals surface area (Å²) in [6.45, 7) is 3.47. The molecule has 2 aromatic rings. The minimum Gasteiger partial charge on any atom is -0.449 e. The van der Waals surface area contributed by atoms with Gasteiger partial charge in [0.05, 0.1) is 4.92 Å².